The molecule has 8 heteroatoms. The van der Waals surface area contributed by atoms with Gasteiger partial charge in [0.1, 0.15) is 18.1 Å². The molecule has 0 unspecified atom stereocenters. The molecule has 0 aliphatic rings. The van der Waals surface area contributed by atoms with E-state index in [9.17, 15) is 14.0 Å². The maximum Gasteiger partial charge on any atom is 0.331 e. The fraction of sp³-hybridized carbons (Fsp3) is 0.0714. The lowest BCUT2D eigenvalue weighted by Gasteiger charge is -2.06. The van der Waals surface area contributed by atoms with Crippen molar-refractivity contribution in [1.29, 1.82) is 0 Å². The molecule has 0 fully saturated rings. The first-order valence-electron chi connectivity index (χ1n) is 11.2. The Balaban J connectivity index is 1.37. The average molecular weight is 480 g/mol. The summed E-state index contributed by atoms with van der Waals surface area (Å²) < 4.78 is 22.0. The van der Waals surface area contributed by atoms with Crippen LogP contribution in [-0.4, -0.2) is 25.1 Å². The molecule has 3 heterocycles. The lowest BCUT2D eigenvalue weighted by Crippen LogP contribution is -2.18. The van der Waals surface area contributed by atoms with E-state index in [1.54, 1.807) is 35.2 Å². The Morgan fingerprint density at radius 3 is 2.58 bits per heavy atom. The molecular formula is C28H21FN4O3. The number of benzene rings is 2. The predicted molar refractivity (Wildman–Crippen MR) is 134 cm³/mol. The number of halogens is 1. The molecule has 178 valence electrons. The second-order valence-corrected chi connectivity index (χ2v) is 8.11. The number of fused-ring (bicyclic) bond motifs is 1. The van der Waals surface area contributed by atoms with Crippen molar-refractivity contribution < 1.29 is 13.9 Å². The monoisotopic (exact) mass is 480 g/mol. The zero-order chi connectivity index (χ0) is 25.1. The molecule has 0 aliphatic heterocycles. The van der Waals surface area contributed by atoms with Crippen LogP contribution in [0, 0.1) is 12.7 Å². The number of nitrogens with zero attached hydrogens (tertiary/aromatic N) is 4. The van der Waals surface area contributed by atoms with Crippen LogP contribution < -0.4 is 5.56 Å². The minimum absolute atomic E-state index is 0.142. The van der Waals surface area contributed by atoms with Crippen molar-refractivity contribution in [2.45, 2.75) is 13.5 Å². The molecule has 3 aromatic heterocycles. The Kier molecular flexibility index (Phi) is 6.23. The van der Waals surface area contributed by atoms with Crippen LogP contribution in [-0.2, 0) is 16.1 Å². The number of ether oxygens (including phenoxy) is 1. The summed E-state index contributed by atoms with van der Waals surface area (Å²) in [7, 11) is 0. The molecule has 0 spiro atoms. The molecule has 2 aromatic carbocycles. The number of para-hydroxylation sites is 1. The van der Waals surface area contributed by atoms with E-state index >= 15 is 0 Å². The van der Waals surface area contributed by atoms with Gasteiger partial charge in [-0.3, -0.25) is 9.20 Å². The maximum atomic E-state index is 13.5. The zero-order valence-corrected chi connectivity index (χ0v) is 19.3. The van der Waals surface area contributed by atoms with Crippen molar-refractivity contribution in [1.82, 2.24) is 19.2 Å². The number of pyridine rings is 1. The summed E-state index contributed by atoms with van der Waals surface area (Å²) in [6.07, 6.45) is 4.67. The van der Waals surface area contributed by atoms with Crippen molar-refractivity contribution in [2.24, 2.45) is 0 Å². The second-order valence-electron chi connectivity index (χ2n) is 8.11. The average Bonchev–Trinajstić information content (AvgIpc) is 3.31. The third-order valence-corrected chi connectivity index (χ3v) is 5.58. The van der Waals surface area contributed by atoms with Crippen LogP contribution in [0.25, 0.3) is 28.7 Å². The topological polar surface area (TPSA) is 78.5 Å². The lowest BCUT2D eigenvalue weighted by molar-refractivity contribution is -0.139. The van der Waals surface area contributed by atoms with Crippen LogP contribution in [0.2, 0.25) is 0 Å². The van der Waals surface area contributed by atoms with Gasteiger partial charge in [-0.05, 0) is 61.5 Å². The number of aromatic nitrogens is 4. The molecule has 0 aliphatic carbocycles. The third kappa shape index (κ3) is 4.83. The van der Waals surface area contributed by atoms with E-state index in [4.69, 9.17) is 4.74 Å². The van der Waals surface area contributed by atoms with Gasteiger partial charge in [-0.1, -0.05) is 24.3 Å². The minimum atomic E-state index is -0.598. The summed E-state index contributed by atoms with van der Waals surface area (Å²) in [6.45, 7) is 1.68. The molecule has 0 radical (unpaired) electrons. The standard InChI is InChI=1S/C28H21FN4O3/c1-19-6-5-9-25-30-23(16-26(34)33(19)25)18-36-27(35)15-12-21-17-32(24-7-3-2-4-8-24)31-28(21)20-10-13-22(29)14-11-20/h2-17H,18H2,1H3/b15-12+. The second kappa shape index (κ2) is 9.79. The first kappa shape index (κ1) is 22.9. The van der Waals surface area contributed by atoms with Gasteiger partial charge in [0.2, 0.25) is 0 Å². The van der Waals surface area contributed by atoms with Gasteiger partial charge in [-0.15, -0.1) is 0 Å². The summed E-state index contributed by atoms with van der Waals surface area (Å²) >= 11 is 0. The predicted octanol–water partition coefficient (Wildman–Crippen LogP) is 4.75. The molecular weight excluding hydrogens is 459 g/mol. The van der Waals surface area contributed by atoms with Crippen LogP contribution in [0.1, 0.15) is 17.0 Å². The van der Waals surface area contributed by atoms with Crippen LogP contribution >= 0.6 is 0 Å². The van der Waals surface area contributed by atoms with E-state index in [1.807, 2.05) is 49.4 Å². The molecule has 0 N–H and O–H groups in total. The SMILES string of the molecule is Cc1cccc2nc(COC(=O)/C=C/c3cn(-c4ccccc4)nc3-c3ccc(F)cc3)cc(=O)n12. The fourth-order valence-electron chi connectivity index (χ4n) is 3.84. The van der Waals surface area contributed by atoms with E-state index < -0.39 is 5.97 Å². The molecule has 0 bridgehead atoms. The highest BCUT2D eigenvalue weighted by Crippen LogP contribution is 2.25. The van der Waals surface area contributed by atoms with Gasteiger partial charge in [0.05, 0.1) is 17.1 Å². The number of esters is 1. The van der Waals surface area contributed by atoms with Crippen LogP contribution in [0.4, 0.5) is 4.39 Å². The van der Waals surface area contributed by atoms with E-state index in [0.29, 0.717) is 28.2 Å². The molecule has 0 saturated carbocycles. The van der Waals surface area contributed by atoms with Gasteiger partial charge in [0.25, 0.3) is 5.56 Å². The summed E-state index contributed by atoms with van der Waals surface area (Å²) in [4.78, 5) is 29.3. The van der Waals surface area contributed by atoms with Gasteiger partial charge in [0.15, 0.2) is 0 Å². The molecule has 7 nitrogen and oxygen atoms in total. The molecule has 0 saturated heterocycles. The normalized spacial score (nSPS) is 11.3. The first-order valence-corrected chi connectivity index (χ1v) is 11.2. The van der Waals surface area contributed by atoms with Gasteiger partial charge in [-0.2, -0.15) is 5.10 Å². The number of carbonyl (C=O) groups excluding carboxylic acids is 1. The van der Waals surface area contributed by atoms with Crippen molar-refractivity contribution in [3.05, 3.63) is 124 Å². The Labute approximate surface area is 205 Å². The van der Waals surface area contributed by atoms with Crippen molar-refractivity contribution in [3.8, 4) is 16.9 Å². The molecule has 5 aromatic rings. The molecule has 0 amide bonds. The number of hydrogen-bond acceptors (Lipinski definition) is 5. The highest BCUT2D eigenvalue weighted by atomic mass is 19.1. The maximum absolute atomic E-state index is 13.5. The van der Waals surface area contributed by atoms with Crippen LogP contribution in [0.15, 0.2) is 95.9 Å². The minimum Gasteiger partial charge on any atom is -0.456 e. The third-order valence-electron chi connectivity index (χ3n) is 5.58. The van der Waals surface area contributed by atoms with E-state index in [2.05, 4.69) is 10.1 Å². The summed E-state index contributed by atoms with van der Waals surface area (Å²) in [5.41, 5.74) is 4.16. The lowest BCUT2D eigenvalue weighted by atomic mass is 10.1. The number of hydrogen-bond donors (Lipinski definition) is 0. The van der Waals surface area contributed by atoms with E-state index in [-0.39, 0.29) is 18.0 Å². The van der Waals surface area contributed by atoms with Crippen LogP contribution in [0.5, 0.6) is 0 Å². The quantitative estimate of drug-likeness (QED) is 0.259. The van der Waals surface area contributed by atoms with E-state index in [1.165, 1.54) is 28.7 Å². The van der Waals surface area contributed by atoms with Gasteiger partial charge in [-0.25, -0.2) is 18.9 Å². The number of carbonyl (C=O) groups is 1. The van der Waals surface area contributed by atoms with Crippen LogP contribution in [0.3, 0.4) is 0 Å². The van der Waals surface area contributed by atoms with Crippen molar-refractivity contribution in [2.75, 3.05) is 0 Å². The number of rotatable bonds is 6. The van der Waals surface area contributed by atoms with E-state index in [0.717, 1.165) is 11.4 Å². The Bertz CT molecular complexity index is 1640. The van der Waals surface area contributed by atoms with Gasteiger partial charge < -0.3 is 4.74 Å². The highest BCUT2D eigenvalue weighted by molar-refractivity contribution is 5.88. The molecule has 5 rings (SSSR count). The Hall–Kier alpha value is -4.85. The summed E-state index contributed by atoms with van der Waals surface area (Å²) in [5.74, 6) is -0.947. The number of aryl methyl sites for hydroxylation is 1. The Morgan fingerprint density at radius 1 is 1.03 bits per heavy atom. The largest absolute Gasteiger partial charge is 0.456 e. The summed E-state index contributed by atoms with van der Waals surface area (Å²) in [6, 6.07) is 22.2. The zero-order valence-electron chi connectivity index (χ0n) is 19.3. The highest BCUT2D eigenvalue weighted by Gasteiger charge is 2.12. The van der Waals surface area contributed by atoms with Crippen molar-refractivity contribution in [3.63, 3.8) is 0 Å². The smallest absolute Gasteiger partial charge is 0.331 e. The fourth-order valence-corrected chi connectivity index (χ4v) is 3.84. The van der Waals surface area contributed by atoms with Gasteiger partial charge in [0, 0.05) is 35.2 Å². The Morgan fingerprint density at radius 2 is 1.81 bits per heavy atom. The molecule has 36 heavy (non-hydrogen) atoms. The summed E-state index contributed by atoms with van der Waals surface area (Å²) in [5, 5.41) is 4.64. The van der Waals surface area contributed by atoms with Gasteiger partial charge >= 0.3 is 5.97 Å². The van der Waals surface area contributed by atoms with Crippen molar-refractivity contribution >= 4 is 17.7 Å². The first-order chi connectivity index (χ1) is 17.5. The molecule has 0 atom stereocenters.